The number of amides is 1. The first-order chi connectivity index (χ1) is 10.1. The minimum Gasteiger partial charge on any atom is -0.481 e. The molecule has 1 aromatic carbocycles. The maximum Gasteiger partial charge on any atom is 0.261 e. The summed E-state index contributed by atoms with van der Waals surface area (Å²) in [5.74, 6) is 0.610. The van der Waals surface area contributed by atoms with E-state index in [-0.39, 0.29) is 5.91 Å². The highest BCUT2D eigenvalue weighted by Crippen LogP contribution is 2.21. The molecule has 21 heavy (non-hydrogen) atoms. The molecule has 0 aliphatic rings. The number of pyridine rings is 1. The van der Waals surface area contributed by atoms with Crippen LogP contribution < -0.4 is 10.1 Å². The molecule has 1 atom stereocenters. The number of hydrogen-bond acceptors (Lipinski definition) is 3. The summed E-state index contributed by atoms with van der Waals surface area (Å²) in [5, 5.41) is 2.85. The van der Waals surface area contributed by atoms with Crippen LogP contribution in [0.3, 0.4) is 0 Å². The number of hydrogen-bond donors (Lipinski definition) is 1. The third-order valence-electron chi connectivity index (χ3n) is 3.42. The maximum atomic E-state index is 12.1. The minimum atomic E-state index is -0.540. The number of carbonyl (C=O) groups is 1. The van der Waals surface area contributed by atoms with Gasteiger partial charge in [0.05, 0.1) is 0 Å². The fourth-order valence-corrected chi connectivity index (χ4v) is 1.93. The van der Waals surface area contributed by atoms with E-state index in [0.717, 1.165) is 22.4 Å². The van der Waals surface area contributed by atoms with Gasteiger partial charge in [0, 0.05) is 18.9 Å². The number of nitrogens with zero attached hydrogens (tertiary/aromatic N) is 1. The van der Waals surface area contributed by atoms with Crippen molar-refractivity contribution in [1.29, 1.82) is 0 Å². The number of aromatic nitrogens is 1. The van der Waals surface area contributed by atoms with Gasteiger partial charge >= 0.3 is 0 Å². The van der Waals surface area contributed by atoms with Crippen molar-refractivity contribution < 1.29 is 9.53 Å². The van der Waals surface area contributed by atoms with Gasteiger partial charge < -0.3 is 10.1 Å². The molecule has 1 aromatic heterocycles. The molecule has 0 aliphatic heterocycles. The van der Waals surface area contributed by atoms with Crippen LogP contribution in [0.4, 0.5) is 0 Å². The van der Waals surface area contributed by atoms with Crippen molar-refractivity contribution in [1.82, 2.24) is 10.3 Å². The Morgan fingerprint density at radius 3 is 2.81 bits per heavy atom. The van der Waals surface area contributed by atoms with Crippen molar-refractivity contribution in [3.05, 3.63) is 59.4 Å². The number of carbonyl (C=O) groups excluding carboxylic acids is 1. The van der Waals surface area contributed by atoms with Gasteiger partial charge in [0.1, 0.15) is 5.75 Å². The zero-order valence-corrected chi connectivity index (χ0v) is 12.6. The third-order valence-corrected chi connectivity index (χ3v) is 3.42. The topological polar surface area (TPSA) is 51.2 Å². The Kier molecular flexibility index (Phi) is 4.93. The lowest BCUT2D eigenvalue weighted by Gasteiger charge is -2.17. The predicted octanol–water partition coefficient (Wildman–Crippen LogP) is 2.78. The van der Waals surface area contributed by atoms with Gasteiger partial charge in [0.15, 0.2) is 6.10 Å². The lowest BCUT2D eigenvalue weighted by atomic mass is 10.1. The van der Waals surface area contributed by atoms with E-state index in [9.17, 15) is 4.79 Å². The zero-order chi connectivity index (χ0) is 15.2. The van der Waals surface area contributed by atoms with E-state index in [2.05, 4.69) is 10.3 Å². The molecular formula is C17H20N2O2. The normalized spacial score (nSPS) is 11.8. The Morgan fingerprint density at radius 1 is 1.29 bits per heavy atom. The second-order valence-corrected chi connectivity index (χ2v) is 5.04. The van der Waals surface area contributed by atoms with Crippen molar-refractivity contribution in [2.45, 2.75) is 33.4 Å². The molecule has 2 aromatic rings. The van der Waals surface area contributed by atoms with E-state index in [1.807, 2.05) is 44.2 Å². The molecule has 2 rings (SSSR count). The summed E-state index contributed by atoms with van der Waals surface area (Å²) < 4.78 is 5.75. The van der Waals surface area contributed by atoms with Gasteiger partial charge in [-0.25, -0.2) is 0 Å². The highest BCUT2D eigenvalue weighted by Gasteiger charge is 2.15. The summed E-state index contributed by atoms with van der Waals surface area (Å²) in [7, 11) is 0. The molecule has 1 amide bonds. The summed E-state index contributed by atoms with van der Waals surface area (Å²) in [6, 6.07) is 9.60. The highest BCUT2D eigenvalue weighted by atomic mass is 16.5. The summed E-state index contributed by atoms with van der Waals surface area (Å²) >= 11 is 0. The lowest BCUT2D eigenvalue weighted by molar-refractivity contribution is -0.127. The minimum absolute atomic E-state index is 0.139. The molecule has 4 nitrogen and oxygen atoms in total. The van der Waals surface area contributed by atoms with E-state index >= 15 is 0 Å². The summed E-state index contributed by atoms with van der Waals surface area (Å²) in [6.45, 7) is 6.22. The molecule has 0 bridgehead atoms. The van der Waals surface area contributed by atoms with Crippen molar-refractivity contribution in [3.8, 4) is 5.75 Å². The van der Waals surface area contributed by atoms with Gasteiger partial charge in [-0.05, 0) is 49.6 Å². The van der Waals surface area contributed by atoms with Crippen LogP contribution in [0.5, 0.6) is 5.75 Å². The number of nitrogens with one attached hydrogen (secondary N) is 1. The van der Waals surface area contributed by atoms with Gasteiger partial charge in [0.25, 0.3) is 5.91 Å². The van der Waals surface area contributed by atoms with Crippen LogP contribution in [0.25, 0.3) is 0 Å². The summed E-state index contributed by atoms with van der Waals surface area (Å²) in [4.78, 5) is 16.1. The van der Waals surface area contributed by atoms with Crippen molar-refractivity contribution in [2.75, 3.05) is 0 Å². The van der Waals surface area contributed by atoms with Gasteiger partial charge in [-0.3, -0.25) is 9.78 Å². The first kappa shape index (κ1) is 15.0. The average Bonchev–Trinajstić information content (AvgIpc) is 2.50. The largest absolute Gasteiger partial charge is 0.481 e. The predicted molar refractivity (Wildman–Crippen MR) is 82.1 cm³/mol. The van der Waals surface area contributed by atoms with E-state index in [0.29, 0.717) is 6.54 Å². The maximum absolute atomic E-state index is 12.1. The molecule has 1 N–H and O–H groups in total. The van der Waals surface area contributed by atoms with Crippen LogP contribution >= 0.6 is 0 Å². The molecule has 0 aliphatic carbocycles. The van der Waals surface area contributed by atoms with E-state index in [1.165, 1.54) is 0 Å². The first-order valence-electron chi connectivity index (χ1n) is 6.97. The lowest BCUT2D eigenvalue weighted by Crippen LogP contribution is -2.36. The SMILES string of the molecule is Cc1cccc(O[C@H](C)C(=O)NCc2cccnc2)c1C. The fraction of sp³-hybridized carbons (Fsp3) is 0.294. The van der Waals surface area contributed by atoms with Crippen LogP contribution in [0.2, 0.25) is 0 Å². The second kappa shape index (κ2) is 6.88. The number of rotatable bonds is 5. The summed E-state index contributed by atoms with van der Waals surface area (Å²) in [6.07, 6.45) is 2.90. The van der Waals surface area contributed by atoms with Crippen LogP contribution in [-0.4, -0.2) is 17.0 Å². The van der Waals surface area contributed by atoms with Gasteiger partial charge in [0.2, 0.25) is 0 Å². The monoisotopic (exact) mass is 284 g/mol. The highest BCUT2D eigenvalue weighted by molar-refractivity contribution is 5.80. The summed E-state index contributed by atoms with van der Waals surface area (Å²) in [5.41, 5.74) is 3.17. The molecule has 0 saturated carbocycles. The zero-order valence-electron chi connectivity index (χ0n) is 12.6. The third kappa shape index (κ3) is 4.05. The van der Waals surface area contributed by atoms with E-state index in [1.54, 1.807) is 19.3 Å². The Balaban J connectivity index is 1.92. The fourth-order valence-electron chi connectivity index (χ4n) is 1.93. The molecular weight excluding hydrogens is 264 g/mol. The molecule has 0 unspecified atom stereocenters. The molecule has 4 heteroatoms. The molecule has 0 fully saturated rings. The number of benzene rings is 1. The van der Waals surface area contributed by atoms with Gasteiger partial charge in [-0.1, -0.05) is 18.2 Å². The Bertz CT molecular complexity index is 611. The smallest absolute Gasteiger partial charge is 0.261 e. The van der Waals surface area contributed by atoms with E-state index in [4.69, 9.17) is 4.74 Å². The van der Waals surface area contributed by atoms with Crippen LogP contribution in [0.15, 0.2) is 42.7 Å². The molecule has 0 saturated heterocycles. The van der Waals surface area contributed by atoms with E-state index < -0.39 is 6.10 Å². The molecule has 110 valence electrons. The van der Waals surface area contributed by atoms with Crippen LogP contribution in [0, 0.1) is 13.8 Å². The number of ether oxygens (including phenoxy) is 1. The van der Waals surface area contributed by atoms with Crippen LogP contribution in [0.1, 0.15) is 23.6 Å². The van der Waals surface area contributed by atoms with Gasteiger partial charge in [-0.15, -0.1) is 0 Å². The Morgan fingerprint density at radius 2 is 2.10 bits per heavy atom. The van der Waals surface area contributed by atoms with Crippen LogP contribution in [-0.2, 0) is 11.3 Å². The van der Waals surface area contributed by atoms with Crippen molar-refractivity contribution >= 4 is 5.91 Å². The van der Waals surface area contributed by atoms with Crippen molar-refractivity contribution in [3.63, 3.8) is 0 Å². The Labute approximate surface area is 125 Å². The quantitative estimate of drug-likeness (QED) is 0.918. The Hall–Kier alpha value is -2.36. The molecule has 0 radical (unpaired) electrons. The van der Waals surface area contributed by atoms with Gasteiger partial charge in [-0.2, -0.15) is 0 Å². The van der Waals surface area contributed by atoms with Crippen molar-refractivity contribution in [2.24, 2.45) is 0 Å². The molecule has 0 spiro atoms. The number of aryl methyl sites for hydroxylation is 1. The first-order valence-corrected chi connectivity index (χ1v) is 6.97. The standard InChI is InChI=1S/C17H20N2O2/c1-12-6-4-8-16(13(12)2)21-14(3)17(20)19-11-15-7-5-9-18-10-15/h4-10,14H,11H2,1-3H3,(H,19,20)/t14-/m1/s1. The second-order valence-electron chi connectivity index (χ2n) is 5.04. The molecule has 1 heterocycles. The average molecular weight is 284 g/mol.